The van der Waals surface area contributed by atoms with E-state index in [1.807, 2.05) is 6.92 Å². The largest absolute Gasteiger partial charge is 0.394 e. The number of aryl methyl sites for hydroxylation is 1. The molecule has 1 saturated carbocycles. The van der Waals surface area contributed by atoms with Gasteiger partial charge in [0.15, 0.2) is 0 Å². The molecule has 2 rings (SSSR count). The summed E-state index contributed by atoms with van der Waals surface area (Å²) in [6.45, 7) is 6.43. The van der Waals surface area contributed by atoms with E-state index in [1.165, 1.54) is 0 Å². The molecule has 0 radical (unpaired) electrons. The molecule has 0 atom stereocenters. The highest BCUT2D eigenvalue weighted by Gasteiger charge is 2.34. The third-order valence-electron chi connectivity index (χ3n) is 4.52. The number of aliphatic hydroxyl groups excluding tert-OH is 1. The molecule has 1 aromatic heterocycles. The van der Waals surface area contributed by atoms with Gasteiger partial charge in [-0.3, -0.25) is 0 Å². The van der Waals surface area contributed by atoms with Crippen molar-refractivity contribution in [1.29, 1.82) is 0 Å². The van der Waals surface area contributed by atoms with E-state index in [1.54, 1.807) is 0 Å². The molecule has 0 aromatic carbocycles. The summed E-state index contributed by atoms with van der Waals surface area (Å²) in [6, 6.07) is 0. The van der Waals surface area contributed by atoms with Gasteiger partial charge in [-0.25, -0.2) is 9.97 Å². The number of hydrogen-bond donors (Lipinski definition) is 2. The molecule has 0 spiro atoms. The number of rotatable bonds is 5. The second-order valence-electron chi connectivity index (χ2n) is 6.40. The Morgan fingerprint density at radius 1 is 1.33 bits per heavy atom. The van der Waals surface area contributed by atoms with Crippen LogP contribution in [0.1, 0.15) is 57.3 Å². The van der Waals surface area contributed by atoms with Crippen LogP contribution in [0.15, 0.2) is 0 Å². The highest BCUT2D eigenvalue weighted by Crippen LogP contribution is 2.35. The lowest BCUT2D eigenvalue weighted by Crippen LogP contribution is -2.45. The van der Waals surface area contributed by atoms with Crippen molar-refractivity contribution in [3.8, 4) is 0 Å². The van der Waals surface area contributed by atoms with E-state index in [0.29, 0.717) is 5.15 Å². The van der Waals surface area contributed by atoms with Crippen LogP contribution in [-0.2, 0) is 6.42 Å². The van der Waals surface area contributed by atoms with Crippen LogP contribution in [0.2, 0.25) is 5.15 Å². The normalized spacial score (nSPS) is 25.9. The van der Waals surface area contributed by atoms with Gasteiger partial charge < -0.3 is 10.4 Å². The molecule has 118 valence electrons. The maximum absolute atomic E-state index is 9.88. The van der Waals surface area contributed by atoms with Crippen molar-refractivity contribution in [1.82, 2.24) is 9.97 Å². The smallest absolute Gasteiger partial charge is 0.137 e. The van der Waals surface area contributed by atoms with Crippen molar-refractivity contribution in [2.75, 3.05) is 11.9 Å². The summed E-state index contributed by atoms with van der Waals surface area (Å²) >= 11 is 6.23. The van der Waals surface area contributed by atoms with Crippen LogP contribution in [0.5, 0.6) is 0 Å². The molecule has 21 heavy (non-hydrogen) atoms. The SMILES string of the molecule is CCCc1nc(Cl)c(C)c(NC2(CO)CCC(C)CC2)n1. The first-order chi connectivity index (χ1) is 9.99. The van der Waals surface area contributed by atoms with Gasteiger partial charge in [-0.2, -0.15) is 0 Å². The number of halogens is 1. The molecular weight excluding hydrogens is 286 g/mol. The van der Waals surface area contributed by atoms with Crippen molar-refractivity contribution >= 4 is 17.4 Å². The quantitative estimate of drug-likeness (QED) is 0.813. The van der Waals surface area contributed by atoms with Crippen molar-refractivity contribution in [3.63, 3.8) is 0 Å². The third kappa shape index (κ3) is 3.86. The van der Waals surface area contributed by atoms with Crippen LogP contribution < -0.4 is 5.32 Å². The average molecular weight is 312 g/mol. The van der Waals surface area contributed by atoms with Crippen molar-refractivity contribution in [2.45, 2.75) is 64.8 Å². The van der Waals surface area contributed by atoms with E-state index < -0.39 is 0 Å². The summed E-state index contributed by atoms with van der Waals surface area (Å²) in [7, 11) is 0. The molecule has 4 nitrogen and oxygen atoms in total. The lowest BCUT2D eigenvalue weighted by atomic mass is 9.77. The zero-order chi connectivity index (χ0) is 15.5. The maximum atomic E-state index is 9.88. The van der Waals surface area contributed by atoms with E-state index in [2.05, 4.69) is 29.1 Å². The zero-order valence-corrected chi connectivity index (χ0v) is 14.0. The lowest BCUT2D eigenvalue weighted by molar-refractivity contribution is 0.155. The lowest BCUT2D eigenvalue weighted by Gasteiger charge is -2.39. The molecule has 0 aliphatic heterocycles. The predicted octanol–water partition coefficient (Wildman–Crippen LogP) is 3.74. The molecule has 1 fully saturated rings. The summed E-state index contributed by atoms with van der Waals surface area (Å²) in [5.74, 6) is 2.28. The fourth-order valence-electron chi connectivity index (χ4n) is 2.88. The minimum absolute atomic E-state index is 0.129. The summed E-state index contributed by atoms with van der Waals surface area (Å²) in [4.78, 5) is 8.94. The molecule has 0 saturated heterocycles. The first-order valence-electron chi connectivity index (χ1n) is 7.91. The first-order valence-corrected chi connectivity index (χ1v) is 8.29. The highest BCUT2D eigenvalue weighted by atomic mass is 35.5. The van der Waals surface area contributed by atoms with Gasteiger partial charge in [0.1, 0.15) is 16.8 Å². The Labute approximate surface area is 132 Å². The van der Waals surface area contributed by atoms with Gasteiger partial charge >= 0.3 is 0 Å². The monoisotopic (exact) mass is 311 g/mol. The van der Waals surface area contributed by atoms with E-state index in [0.717, 1.165) is 61.6 Å². The van der Waals surface area contributed by atoms with E-state index in [-0.39, 0.29) is 12.1 Å². The topological polar surface area (TPSA) is 58.0 Å². The van der Waals surface area contributed by atoms with Gasteiger partial charge in [0.25, 0.3) is 0 Å². The number of aliphatic hydroxyl groups is 1. The van der Waals surface area contributed by atoms with Crippen molar-refractivity contribution < 1.29 is 5.11 Å². The van der Waals surface area contributed by atoms with Crippen LogP contribution in [0, 0.1) is 12.8 Å². The Morgan fingerprint density at radius 3 is 2.57 bits per heavy atom. The number of anilines is 1. The molecule has 1 heterocycles. The van der Waals surface area contributed by atoms with Gasteiger partial charge in [-0.15, -0.1) is 0 Å². The van der Waals surface area contributed by atoms with Crippen LogP contribution in [0.4, 0.5) is 5.82 Å². The zero-order valence-electron chi connectivity index (χ0n) is 13.2. The molecule has 0 amide bonds. The van der Waals surface area contributed by atoms with Gasteiger partial charge in [0.2, 0.25) is 0 Å². The Balaban J connectivity index is 2.24. The number of hydrogen-bond acceptors (Lipinski definition) is 4. The van der Waals surface area contributed by atoms with Crippen LogP contribution >= 0.6 is 11.6 Å². The van der Waals surface area contributed by atoms with Crippen molar-refractivity contribution in [2.24, 2.45) is 5.92 Å². The van der Waals surface area contributed by atoms with Gasteiger partial charge in [0.05, 0.1) is 12.1 Å². The Kier molecular flexibility index (Phi) is 5.44. The molecule has 1 aliphatic rings. The Bertz CT molecular complexity index is 485. The number of aromatic nitrogens is 2. The van der Waals surface area contributed by atoms with Gasteiger partial charge in [-0.05, 0) is 44.9 Å². The van der Waals surface area contributed by atoms with Crippen LogP contribution in [0.3, 0.4) is 0 Å². The predicted molar refractivity (Wildman–Crippen MR) is 86.8 cm³/mol. The summed E-state index contributed by atoms with van der Waals surface area (Å²) in [6.07, 6.45) is 6.00. The fourth-order valence-corrected chi connectivity index (χ4v) is 3.07. The third-order valence-corrected chi connectivity index (χ3v) is 4.89. The second kappa shape index (κ2) is 6.93. The highest BCUT2D eigenvalue weighted by molar-refractivity contribution is 6.30. The average Bonchev–Trinajstić information content (AvgIpc) is 2.47. The molecule has 2 N–H and O–H groups in total. The maximum Gasteiger partial charge on any atom is 0.137 e. The molecule has 0 unspecified atom stereocenters. The van der Waals surface area contributed by atoms with Gasteiger partial charge in [-0.1, -0.05) is 25.4 Å². The first kappa shape index (κ1) is 16.5. The molecule has 1 aromatic rings. The van der Waals surface area contributed by atoms with Crippen LogP contribution in [-0.4, -0.2) is 27.2 Å². The van der Waals surface area contributed by atoms with E-state index >= 15 is 0 Å². The van der Waals surface area contributed by atoms with Gasteiger partial charge in [0, 0.05) is 12.0 Å². The molecular formula is C16H26ClN3O. The van der Waals surface area contributed by atoms with E-state index in [4.69, 9.17) is 11.6 Å². The Hall–Kier alpha value is -0.870. The van der Waals surface area contributed by atoms with Crippen LogP contribution in [0.25, 0.3) is 0 Å². The standard InChI is InChI=1S/C16H26ClN3O/c1-4-5-13-18-14(17)12(3)15(19-13)20-16(10-21)8-6-11(2)7-9-16/h11,21H,4-10H2,1-3H3,(H,18,19,20). The number of nitrogens with one attached hydrogen (secondary N) is 1. The summed E-state index contributed by atoms with van der Waals surface area (Å²) in [5, 5.41) is 13.9. The summed E-state index contributed by atoms with van der Waals surface area (Å²) < 4.78 is 0. The molecule has 0 bridgehead atoms. The Morgan fingerprint density at radius 2 is 2.00 bits per heavy atom. The minimum atomic E-state index is -0.265. The molecule has 1 aliphatic carbocycles. The van der Waals surface area contributed by atoms with Crippen molar-refractivity contribution in [3.05, 3.63) is 16.5 Å². The molecule has 5 heteroatoms. The number of nitrogens with zero attached hydrogens (tertiary/aromatic N) is 2. The second-order valence-corrected chi connectivity index (χ2v) is 6.76. The minimum Gasteiger partial charge on any atom is -0.394 e. The summed E-state index contributed by atoms with van der Waals surface area (Å²) in [5.41, 5.74) is 0.598. The van der Waals surface area contributed by atoms with E-state index in [9.17, 15) is 5.11 Å². The fraction of sp³-hybridized carbons (Fsp3) is 0.750.